The molecule has 4 heteroatoms. The molecule has 0 spiro atoms. The summed E-state index contributed by atoms with van der Waals surface area (Å²) in [6.45, 7) is 1.66. The summed E-state index contributed by atoms with van der Waals surface area (Å²) in [6.07, 6.45) is 0. The molecule has 0 aliphatic rings. The lowest BCUT2D eigenvalue weighted by atomic mass is 10.1. The van der Waals surface area contributed by atoms with Crippen LogP contribution in [0.2, 0.25) is 0 Å². The molecule has 0 saturated heterocycles. The molecule has 76 valence electrons. The van der Waals surface area contributed by atoms with Crippen molar-refractivity contribution >= 4 is 17.3 Å². The van der Waals surface area contributed by atoms with Crippen LogP contribution >= 0.6 is 11.5 Å². The first-order valence-corrected chi connectivity index (χ1v) is 5.23. The SMILES string of the molecule is Cc1ccc(C(=O)c2ccsn2)cc1F. The third-order valence-electron chi connectivity index (χ3n) is 2.10. The van der Waals surface area contributed by atoms with Crippen LogP contribution in [0.25, 0.3) is 0 Å². The third-order valence-corrected chi connectivity index (χ3v) is 2.66. The van der Waals surface area contributed by atoms with E-state index in [0.717, 1.165) is 0 Å². The van der Waals surface area contributed by atoms with Gasteiger partial charge in [0.05, 0.1) is 0 Å². The summed E-state index contributed by atoms with van der Waals surface area (Å²) in [4.78, 5) is 11.7. The first-order chi connectivity index (χ1) is 7.18. The van der Waals surface area contributed by atoms with Crippen LogP contribution in [0.3, 0.4) is 0 Å². The van der Waals surface area contributed by atoms with E-state index in [1.165, 1.54) is 17.6 Å². The van der Waals surface area contributed by atoms with Crippen molar-refractivity contribution < 1.29 is 9.18 Å². The number of nitrogens with zero attached hydrogens (tertiary/aromatic N) is 1. The number of ketones is 1. The summed E-state index contributed by atoms with van der Waals surface area (Å²) < 4.78 is 17.1. The van der Waals surface area contributed by atoms with E-state index in [9.17, 15) is 9.18 Å². The minimum atomic E-state index is -0.365. The molecule has 2 aromatic rings. The molecule has 0 radical (unpaired) electrons. The van der Waals surface area contributed by atoms with Crippen LogP contribution in [0.5, 0.6) is 0 Å². The van der Waals surface area contributed by atoms with Gasteiger partial charge in [-0.25, -0.2) is 4.39 Å². The molecule has 0 saturated carbocycles. The zero-order chi connectivity index (χ0) is 10.8. The lowest BCUT2D eigenvalue weighted by Gasteiger charge is -1.99. The Kier molecular flexibility index (Phi) is 2.60. The predicted octanol–water partition coefficient (Wildman–Crippen LogP) is 2.82. The number of carbonyl (C=O) groups excluding carboxylic acids is 1. The fourth-order valence-corrected chi connectivity index (χ4v) is 1.72. The lowest BCUT2D eigenvalue weighted by Crippen LogP contribution is -2.02. The van der Waals surface area contributed by atoms with Gasteiger partial charge in [-0.2, -0.15) is 4.37 Å². The number of rotatable bonds is 2. The van der Waals surface area contributed by atoms with Gasteiger partial charge in [0.1, 0.15) is 11.5 Å². The minimum absolute atomic E-state index is 0.241. The van der Waals surface area contributed by atoms with E-state index in [1.807, 2.05) is 0 Å². The number of halogens is 1. The van der Waals surface area contributed by atoms with Gasteiger partial charge in [-0.15, -0.1) is 0 Å². The third kappa shape index (κ3) is 1.94. The number of hydrogen-bond donors (Lipinski definition) is 0. The highest BCUT2D eigenvalue weighted by Crippen LogP contribution is 2.13. The molecule has 0 fully saturated rings. The van der Waals surface area contributed by atoms with Crippen molar-refractivity contribution in [3.8, 4) is 0 Å². The average Bonchev–Trinajstić information content (AvgIpc) is 2.74. The maximum atomic E-state index is 13.2. The Morgan fingerprint density at radius 3 is 2.80 bits per heavy atom. The van der Waals surface area contributed by atoms with Crippen LogP contribution in [-0.4, -0.2) is 10.2 Å². The fourth-order valence-electron chi connectivity index (χ4n) is 1.21. The minimum Gasteiger partial charge on any atom is -0.287 e. The van der Waals surface area contributed by atoms with Gasteiger partial charge in [0.25, 0.3) is 0 Å². The highest BCUT2D eigenvalue weighted by Gasteiger charge is 2.12. The Bertz CT molecular complexity index is 493. The summed E-state index contributed by atoms with van der Waals surface area (Å²) in [5.41, 5.74) is 1.23. The molecule has 0 atom stereocenters. The summed E-state index contributed by atoms with van der Waals surface area (Å²) in [5.74, 6) is -0.605. The van der Waals surface area contributed by atoms with Crippen LogP contribution in [-0.2, 0) is 0 Å². The quantitative estimate of drug-likeness (QED) is 0.730. The van der Waals surface area contributed by atoms with E-state index in [-0.39, 0.29) is 11.6 Å². The molecule has 0 bridgehead atoms. The summed E-state index contributed by atoms with van der Waals surface area (Å²) in [7, 11) is 0. The average molecular weight is 221 g/mol. The van der Waals surface area contributed by atoms with E-state index in [4.69, 9.17) is 0 Å². The summed E-state index contributed by atoms with van der Waals surface area (Å²) in [5, 5.41) is 1.72. The maximum Gasteiger partial charge on any atom is 0.212 e. The van der Waals surface area contributed by atoms with Crippen LogP contribution in [0.15, 0.2) is 29.6 Å². The van der Waals surface area contributed by atoms with Crippen LogP contribution < -0.4 is 0 Å². The van der Waals surface area contributed by atoms with Crippen molar-refractivity contribution in [1.82, 2.24) is 4.37 Å². The lowest BCUT2D eigenvalue weighted by molar-refractivity contribution is 0.103. The Morgan fingerprint density at radius 1 is 1.40 bits per heavy atom. The Morgan fingerprint density at radius 2 is 2.20 bits per heavy atom. The molecule has 0 aliphatic carbocycles. The van der Waals surface area contributed by atoms with Crippen molar-refractivity contribution in [3.05, 3.63) is 52.3 Å². The highest BCUT2D eigenvalue weighted by molar-refractivity contribution is 7.03. The van der Waals surface area contributed by atoms with Gasteiger partial charge in [-0.3, -0.25) is 4.79 Å². The van der Waals surface area contributed by atoms with Gasteiger partial charge in [0.15, 0.2) is 0 Å². The topological polar surface area (TPSA) is 30.0 Å². The fraction of sp³-hybridized carbons (Fsp3) is 0.0909. The molecule has 2 nitrogen and oxygen atoms in total. The second-order valence-electron chi connectivity index (χ2n) is 3.18. The van der Waals surface area contributed by atoms with Crippen molar-refractivity contribution in [2.24, 2.45) is 0 Å². The monoisotopic (exact) mass is 221 g/mol. The predicted molar refractivity (Wildman–Crippen MR) is 56.7 cm³/mol. The normalized spacial score (nSPS) is 10.3. The van der Waals surface area contributed by atoms with Crippen molar-refractivity contribution in [1.29, 1.82) is 0 Å². The maximum absolute atomic E-state index is 13.2. The first-order valence-electron chi connectivity index (χ1n) is 4.40. The second-order valence-corrected chi connectivity index (χ2v) is 3.84. The molecule has 1 aromatic heterocycles. The van der Waals surface area contributed by atoms with Gasteiger partial charge >= 0.3 is 0 Å². The smallest absolute Gasteiger partial charge is 0.212 e. The first kappa shape index (κ1) is 9.98. The van der Waals surface area contributed by atoms with E-state index < -0.39 is 0 Å². The molecule has 0 unspecified atom stereocenters. The molecular weight excluding hydrogens is 213 g/mol. The zero-order valence-corrected chi connectivity index (χ0v) is 8.84. The number of aromatic nitrogens is 1. The zero-order valence-electron chi connectivity index (χ0n) is 8.03. The number of benzene rings is 1. The van der Waals surface area contributed by atoms with Gasteiger partial charge < -0.3 is 0 Å². The van der Waals surface area contributed by atoms with Crippen molar-refractivity contribution in [2.45, 2.75) is 6.92 Å². The van der Waals surface area contributed by atoms with Gasteiger partial charge in [-0.05, 0) is 36.2 Å². The van der Waals surface area contributed by atoms with Crippen LogP contribution in [0.4, 0.5) is 4.39 Å². The Labute approximate surface area is 90.5 Å². The molecule has 1 aromatic carbocycles. The number of carbonyl (C=O) groups is 1. The molecule has 0 aliphatic heterocycles. The second kappa shape index (κ2) is 3.90. The van der Waals surface area contributed by atoms with Crippen LogP contribution in [0.1, 0.15) is 21.6 Å². The van der Waals surface area contributed by atoms with Gasteiger partial charge in [0.2, 0.25) is 5.78 Å². The molecule has 1 heterocycles. The van der Waals surface area contributed by atoms with Gasteiger partial charge in [-0.1, -0.05) is 12.1 Å². The van der Waals surface area contributed by atoms with Gasteiger partial charge in [0, 0.05) is 10.9 Å². The molecule has 15 heavy (non-hydrogen) atoms. The highest BCUT2D eigenvalue weighted by atomic mass is 32.1. The molecule has 2 rings (SSSR count). The largest absolute Gasteiger partial charge is 0.287 e. The molecule has 0 amide bonds. The molecular formula is C11H8FNOS. The summed E-state index contributed by atoms with van der Waals surface area (Å²) >= 11 is 1.21. The summed E-state index contributed by atoms with van der Waals surface area (Å²) in [6, 6.07) is 6.08. The standard InChI is InChI=1S/C11H8FNOS/c1-7-2-3-8(6-9(7)12)11(14)10-4-5-15-13-10/h2-6H,1H3. The van der Waals surface area contributed by atoms with E-state index in [0.29, 0.717) is 16.8 Å². The van der Waals surface area contributed by atoms with Crippen LogP contribution in [0, 0.1) is 12.7 Å². The number of hydrogen-bond acceptors (Lipinski definition) is 3. The van der Waals surface area contributed by atoms with E-state index in [2.05, 4.69) is 4.37 Å². The van der Waals surface area contributed by atoms with E-state index in [1.54, 1.807) is 30.5 Å². The van der Waals surface area contributed by atoms with E-state index >= 15 is 0 Å². The molecule has 0 N–H and O–H groups in total. The Hall–Kier alpha value is -1.55. The number of aryl methyl sites for hydroxylation is 1. The van der Waals surface area contributed by atoms with Crippen molar-refractivity contribution in [3.63, 3.8) is 0 Å². The Balaban J connectivity index is 2.39. The van der Waals surface area contributed by atoms with Crippen molar-refractivity contribution in [2.75, 3.05) is 0 Å².